The Morgan fingerprint density at radius 1 is 1.25 bits per heavy atom. The molecule has 0 spiro atoms. The number of nitrogens with one attached hydrogen (secondary N) is 1. The maximum atomic E-state index is 13.2. The molecule has 0 amide bonds. The molecule has 0 radical (unpaired) electrons. The van der Waals surface area contributed by atoms with Gasteiger partial charge in [-0.25, -0.2) is 4.39 Å². The Balaban J connectivity index is 2.45. The standard InChI is InChI=1S/C15H15FN4/c1-3-12-13(9-17)15(20-19-14(12)4-2)18-11-7-5-6-10(16)8-11/h5-8H,3-4H2,1-2H3,(H,18,20). The van der Waals surface area contributed by atoms with E-state index in [1.165, 1.54) is 12.1 Å². The molecule has 5 heteroatoms. The third-order valence-corrected chi connectivity index (χ3v) is 3.05. The quantitative estimate of drug-likeness (QED) is 0.925. The highest BCUT2D eigenvalue weighted by Crippen LogP contribution is 2.23. The van der Waals surface area contributed by atoms with Crippen molar-refractivity contribution in [2.75, 3.05) is 5.32 Å². The van der Waals surface area contributed by atoms with Crippen LogP contribution in [0.2, 0.25) is 0 Å². The molecule has 0 aliphatic rings. The van der Waals surface area contributed by atoms with Gasteiger partial charge < -0.3 is 5.32 Å². The van der Waals surface area contributed by atoms with E-state index in [9.17, 15) is 9.65 Å². The van der Waals surface area contributed by atoms with Gasteiger partial charge in [0.25, 0.3) is 0 Å². The van der Waals surface area contributed by atoms with Crippen LogP contribution in [0.15, 0.2) is 24.3 Å². The highest BCUT2D eigenvalue weighted by atomic mass is 19.1. The molecule has 0 atom stereocenters. The first-order chi connectivity index (χ1) is 9.69. The minimum absolute atomic E-state index is 0.345. The van der Waals surface area contributed by atoms with Gasteiger partial charge in [0.05, 0.1) is 5.69 Å². The Labute approximate surface area is 117 Å². The summed E-state index contributed by atoms with van der Waals surface area (Å²) in [6, 6.07) is 8.19. The number of nitrogens with zero attached hydrogens (tertiary/aromatic N) is 3. The van der Waals surface area contributed by atoms with Crippen LogP contribution in [0.25, 0.3) is 0 Å². The smallest absolute Gasteiger partial charge is 0.171 e. The topological polar surface area (TPSA) is 61.6 Å². The third kappa shape index (κ3) is 2.75. The number of halogens is 1. The van der Waals surface area contributed by atoms with E-state index in [2.05, 4.69) is 21.6 Å². The third-order valence-electron chi connectivity index (χ3n) is 3.05. The molecular formula is C15H15FN4. The Bertz CT molecular complexity index is 661. The van der Waals surface area contributed by atoms with Gasteiger partial charge in [0.1, 0.15) is 17.4 Å². The van der Waals surface area contributed by atoms with E-state index in [4.69, 9.17) is 0 Å². The molecule has 1 heterocycles. The van der Waals surface area contributed by atoms with Gasteiger partial charge in [0.15, 0.2) is 5.82 Å². The van der Waals surface area contributed by atoms with Gasteiger partial charge in [-0.15, -0.1) is 5.10 Å². The fourth-order valence-corrected chi connectivity index (χ4v) is 2.08. The van der Waals surface area contributed by atoms with E-state index in [0.717, 1.165) is 17.7 Å². The first-order valence-electron chi connectivity index (χ1n) is 6.50. The zero-order valence-corrected chi connectivity index (χ0v) is 11.4. The van der Waals surface area contributed by atoms with Crippen molar-refractivity contribution in [1.82, 2.24) is 10.2 Å². The average molecular weight is 270 g/mol. The van der Waals surface area contributed by atoms with Crippen LogP contribution in [0.4, 0.5) is 15.9 Å². The van der Waals surface area contributed by atoms with Crippen molar-refractivity contribution in [2.24, 2.45) is 0 Å². The van der Waals surface area contributed by atoms with Crippen molar-refractivity contribution in [3.05, 3.63) is 46.9 Å². The predicted molar refractivity (Wildman–Crippen MR) is 75.2 cm³/mol. The normalized spacial score (nSPS) is 10.1. The SMILES string of the molecule is CCc1nnc(Nc2cccc(F)c2)c(C#N)c1CC. The summed E-state index contributed by atoms with van der Waals surface area (Å²) in [5.41, 5.74) is 2.74. The fraction of sp³-hybridized carbons (Fsp3) is 0.267. The summed E-state index contributed by atoms with van der Waals surface area (Å²) >= 11 is 0. The number of rotatable bonds is 4. The van der Waals surface area contributed by atoms with Gasteiger partial charge in [-0.05, 0) is 36.6 Å². The Morgan fingerprint density at radius 2 is 2.05 bits per heavy atom. The second-order valence-electron chi connectivity index (χ2n) is 4.30. The predicted octanol–water partition coefficient (Wildman–Crippen LogP) is 3.36. The largest absolute Gasteiger partial charge is 0.338 e. The summed E-state index contributed by atoms with van der Waals surface area (Å²) in [5.74, 6) is 0.0227. The number of hydrogen-bond donors (Lipinski definition) is 1. The van der Waals surface area contributed by atoms with E-state index < -0.39 is 0 Å². The number of nitriles is 1. The number of anilines is 2. The van der Waals surface area contributed by atoms with Gasteiger partial charge in [-0.2, -0.15) is 10.4 Å². The zero-order valence-electron chi connectivity index (χ0n) is 11.4. The van der Waals surface area contributed by atoms with Crippen LogP contribution in [-0.4, -0.2) is 10.2 Å². The average Bonchev–Trinajstić information content (AvgIpc) is 2.46. The van der Waals surface area contributed by atoms with E-state index in [1.807, 2.05) is 13.8 Å². The van der Waals surface area contributed by atoms with Crippen molar-refractivity contribution in [3.63, 3.8) is 0 Å². The van der Waals surface area contributed by atoms with Crippen LogP contribution in [0, 0.1) is 17.1 Å². The number of benzene rings is 1. The monoisotopic (exact) mass is 270 g/mol. The van der Waals surface area contributed by atoms with Crippen molar-refractivity contribution in [1.29, 1.82) is 5.26 Å². The minimum atomic E-state index is -0.345. The summed E-state index contributed by atoms with van der Waals surface area (Å²) in [5, 5.41) is 20.5. The molecule has 1 aromatic carbocycles. The molecule has 0 aliphatic heterocycles. The molecule has 4 nitrogen and oxygen atoms in total. The highest BCUT2D eigenvalue weighted by Gasteiger charge is 2.14. The first-order valence-corrected chi connectivity index (χ1v) is 6.50. The van der Waals surface area contributed by atoms with Crippen molar-refractivity contribution < 1.29 is 4.39 Å². The number of aryl methyl sites for hydroxylation is 1. The van der Waals surface area contributed by atoms with Gasteiger partial charge in [0, 0.05) is 5.69 Å². The molecule has 0 saturated carbocycles. The van der Waals surface area contributed by atoms with Crippen LogP contribution < -0.4 is 5.32 Å². The molecule has 2 aromatic rings. The van der Waals surface area contributed by atoms with Crippen molar-refractivity contribution in [2.45, 2.75) is 26.7 Å². The molecule has 102 valence electrons. The molecule has 1 N–H and O–H groups in total. The van der Waals surface area contributed by atoms with Crippen LogP contribution in [0.5, 0.6) is 0 Å². The van der Waals surface area contributed by atoms with Crippen LogP contribution >= 0.6 is 0 Å². The highest BCUT2D eigenvalue weighted by molar-refractivity contribution is 5.64. The lowest BCUT2D eigenvalue weighted by Crippen LogP contribution is -2.07. The number of hydrogen-bond acceptors (Lipinski definition) is 4. The lowest BCUT2D eigenvalue weighted by Gasteiger charge is -2.11. The van der Waals surface area contributed by atoms with Crippen molar-refractivity contribution in [3.8, 4) is 6.07 Å². The second kappa shape index (κ2) is 6.11. The zero-order chi connectivity index (χ0) is 14.5. The fourth-order valence-electron chi connectivity index (χ4n) is 2.08. The van der Waals surface area contributed by atoms with Crippen LogP contribution in [0.3, 0.4) is 0 Å². The summed E-state index contributed by atoms with van der Waals surface area (Å²) in [4.78, 5) is 0. The minimum Gasteiger partial charge on any atom is -0.338 e. The van der Waals surface area contributed by atoms with Crippen LogP contribution in [0.1, 0.15) is 30.7 Å². The molecule has 1 aromatic heterocycles. The summed E-state index contributed by atoms with van der Waals surface area (Å²) in [6.45, 7) is 3.95. The maximum absolute atomic E-state index is 13.2. The molecule has 0 unspecified atom stereocenters. The molecule has 0 fully saturated rings. The Morgan fingerprint density at radius 3 is 2.65 bits per heavy atom. The summed E-state index contributed by atoms with van der Waals surface area (Å²) in [6.07, 6.45) is 1.44. The maximum Gasteiger partial charge on any atom is 0.171 e. The lowest BCUT2D eigenvalue weighted by atomic mass is 10.0. The lowest BCUT2D eigenvalue weighted by molar-refractivity contribution is 0.628. The van der Waals surface area contributed by atoms with Gasteiger partial charge in [-0.3, -0.25) is 0 Å². The van der Waals surface area contributed by atoms with E-state index in [0.29, 0.717) is 23.5 Å². The molecule has 20 heavy (non-hydrogen) atoms. The van der Waals surface area contributed by atoms with Gasteiger partial charge >= 0.3 is 0 Å². The Kier molecular flexibility index (Phi) is 4.26. The number of aromatic nitrogens is 2. The molecule has 0 saturated heterocycles. The van der Waals surface area contributed by atoms with E-state index in [1.54, 1.807) is 12.1 Å². The second-order valence-corrected chi connectivity index (χ2v) is 4.30. The molecule has 2 rings (SSSR count). The Hall–Kier alpha value is -2.48. The van der Waals surface area contributed by atoms with E-state index >= 15 is 0 Å². The summed E-state index contributed by atoms with van der Waals surface area (Å²) < 4.78 is 13.2. The summed E-state index contributed by atoms with van der Waals surface area (Å²) in [7, 11) is 0. The molecule has 0 bridgehead atoms. The van der Waals surface area contributed by atoms with E-state index in [-0.39, 0.29) is 5.82 Å². The van der Waals surface area contributed by atoms with Gasteiger partial charge in [0.2, 0.25) is 0 Å². The molecular weight excluding hydrogens is 255 g/mol. The van der Waals surface area contributed by atoms with Gasteiger partial charge in [-0.1, -0.05) is 19.9 Å². The first kappa shape index (κ1) is 13.9. The van der Waals surface area contributed by atoms with Crippen molar-refractivity contribution >= 4 is 11.5 Å². The molecule has 0 aliphatic carbocycles. The van der Waals surface area contributed by atoms with Crippen LogP contribution in [-0.2, 0) is 12.8 Å².